The zero-order valence-electron chi connectivity index (χ0n) is 12.5. The first-order valence-electron chi connectivity index (χ1n) is 7.30. The Bertz CT molecular complexity index is 474. The molecule has 1 heterocycles. The van der Waals surface area contributed by atoms with Gasteiger partial charge in [0.05, 0.1) is 13.2 Å². The molecular formula is C16H24N2O2. The number of amides is 1. The van der Waals surface area contributed by atoms with Crippen LogP contribution in [0, 0.1) is 6.92 Å². The molecule has 2 N–H and O–H groups in total. The van der Waals surface area contributed by atoms with Gasteiger partial charge < -0.3 is 10.1 Å². The number of hydrogen-bond acceptors (Lipinski definition) is 3. The highest BCUT2D eigenvalue weighted by molar-refractivity contribution is 5.82. The lowest BCUT2D eigenvalue weighted by molar-refractivity contribution is -0.123. The highest BCUT2D eigenvalue weighted by Crippen LogP contribution is 2.26. The first-order chi connectivity index (χ1) is 9.61. The molecular weight excluding hydrogens is 252 g/mol. The normalized spacial score (nSPS) is 20.9. The number of aryl methyl sites for hydroxylation is 1. The van der Waals surface area contributed by atoms with Crippen LogP contribution < -0.4 is 15.4 Å². The fraction of sp³-hybridized carbons (Fsp3) is 0.562. The molecule has 20 heavy (non-hydrogen) atoms. The van der Waals surface area contributed by atoms with E-state index in [0.29, 0.717) is 0 Å². The predicted octanol–water partition coefficient (Wildman–Crippen LogP) is 2.32. The topological polar surface area (TPSA) is 50.4 Å². The lowest BCUT2D eigenvalue weighted by atomic mass is 10.0. The summed E-state index contributed by atoms with van der Waals surface area (Å²) in [6, 6.07) is 6.14. The van der Waals surface area contributed by atoms with E-state index in [0.717, 1.165) is 37.1 Å². The Balaban J connectivity index is 2.10. The highest BCUT2D eigenvalue weighted by Gasteiger charge is 2.23. The van der Waals surface area contributed by atoms with Gasteiger partial charge in [0.2, 0.25) is 5.91 Å². The Morgan fingerprint density at radius 2 is 2.20 bits per heavy atom. The van der Waals surface area contributed by atoms with Crippen molar-refractivity contribution < 1.29 is 9.53 Å². The van der Waals surface area contributed by atoms with Crippen molar-refractivity contribution in [1.82, 2.24) is 10.6 Å². The second-order valence-corrected chi connectivity index (χ2v) is 5.47. The molecule has 2 rings (SSSR count). The van der Waals surface area contributed by atoms with Crippen LogP contribution in [-0.4, -0.2) is 25.6 Å². The van der Waals surface area contributed by atoms with E-state index in [1.165, 1.54) is 5.56 Å². The fourth-order valence-electron chi connectivity index (χ4n) is 2.67. The summed E-state index contributed by atoms with van der Waals surface area (Å²) in [7, 11) is 1.68. The number of ether oxygens (including phenoxy) is 1. The molecule has 110 valence electrons. The molecule has 0 saturated carbocycles. The van der Waals surface area contributed by atoms with Crippen LogP contribution in [0.2, 0.25) is 0 Å². The summed E-state index contributed by atoms with van der Waals surface area (Å²) in [4.78, 5) is 12.0. The van der Waals surface area contributed by atoms with E-state index in [4.69, 9.17) is 4.74 Å². The summed E-state index contributed by atoms with van der Waals surface area (Å²) < 4.78 is 5.45. The van der Waals surface area contributed by atoms with Gasteiger partial charge in [-0.25, -0.2) is 0 Å². The SMILES string of the molecule is COc1cc(C)ccc1C(C)NC1CCCCNC1=O. The number of carbonyl (C=O) groups excluding carboxylic acids is 1. The number of benzene rings is 1. The molecule has 1 saturated heterocycles. The summed E-state index contributed by atoms with van der Waals surface area (Å²) in [5.41, 5.74) is 2.26. The Kier molecular flexibility index (Phi) is 5.01. The zero-order valence-corrected chi connectivity index (χ0v) is 12.5. The van der Waals surface area contributed by atoms with Crippen LogP contribution in [0.15, 0.2) is 18.2 Å². The fourth-order valence-corrected chi connectivity index (χ4v) is 2.67. The Morgan fingerprint density at radius 1 is 1.40 bits per heavy atom. The molecule has 2 atom stereocenters. The molecule has 1 aliphatic heterocycles. The minimum Gasteiger partial charge on any atom is -0.496 e. The molecule has 2 unspecified atom stereocenters. The molecule has 0 aliphatic carbocycles. The average Bonchev–Trinajstić information content (AvgIpc) is 2.64. The van der Waals surface area contributed by atoms with Gasteiger partial charge in [-0.3, -0.25) is 10.1 Å². The molecule has 1 aliphatic rings. The predicted molar refractivity (Wildman–Crippen MR) is 79.9 cm³/mol. The zero-order chi connectivity index (χ0) is 14.5. The van der Waals surface area contributed by atoms with Crippen molar-refractivity contribution in [3.05, 3.63) is 29.3 Å². The van der Waals surface area contributed by atoms with Gasteiger partial charge in [0.25, 0.3) is 0 Å². The molecule has 4 nitrogen and oxygen atoms in total. The van der Waals surface area contributed by atoms with Gasteiger partial charge in [0, 0.05) is 18.2 Å². The lowest BCUT2D eigenvalue weighted by Crippen LogP contribution is -2.43. The van der Waals surface area contributed by atoms with Crippen molar-refractivity contribution in [2.45, 2.75) is 45.2 Å². The monoisotopic (exact) mass is 276 g/mol. The Morgan fingerprint density at radius 3 is 2.95 bits per heavy atom. The molecule has 0 bridgehead atoms. The summed E-state index contributed by atoms with van der Waals surface area (Å²) >= 11 is 0. The molecule has 1 aromatic rings. The smallest absolute Gasteiger partial charge is 0.237 e. The summed E-state index contributed by atoms with van der Waals surface area (Å²) in [5, 5.41) is 6.38. The van der Waals surface area contributed by atoms with Gasteiger partial charge >= 0.3 is 0 Å². The van der Waals surface area contributed by atoms with Crippen LogP contribution in [0.3, 0.4) is 0 Å². The number of methoxy groups -OCH3 is 1. The van der Waals surface area contributed by atoms with Crippen molar-refractivity contribution in [2.75, 3.05) is 13.7 Å². The summed E-state index contributed by atoms with van der Waals surface area (Å²) in [6.07, 6.45) is 3.03. The van der Waals surface area contributed by atoms with Gasteiger partial charge in [-0.1, -0.05) is 12.1 Å². The average molecular weight is 276 g/mol. The van der Waals surface area contributed by atoms with E-state index in [-0.39, 0.29) is 18.0 Å². The van der Waals surface area contributed by atoms with Gasteiger partial charge in [-0.05, 0) is 44.7 Å². The molecule has 4 heteroatoms. The van der Waals surface area contributed by atoms with Gasteiger partial charge in [-0.2, -0.15) is 0 Å². The van der Waals surface area contributed by atoms with Gasteiger partial charge in [0.15, 0.2) is 0 Å². The van der Waals surface area contributed by atoms with Crippen LogP contribution in [0.1, 0.15) is 43.4 Å². The second-order valence-electron chi connectivity index (χ2n) is 5.47. The van der Waals surface area contributed by atoms with Crippen molar-refractivity contribution in [1.29, 1.82) is 0 Å². The number of hydrogen-bond donors (Lipinski definition) is 2. The summed E-state index contributed by atoms with van der Waals surface area (Å²) in [5.74, 6) is 0.986. The largest absolute Gasteiger partial charge is 0.496 e. The van der Waals surface area contributed by atoms with E-state index in [2.05, 4.69) is 29.7 Å². The maximum Gasteiger partial charge on any atom is 0.237 e. The quantitative estimate of drug-likeness (QED) is 0.887. The van der Waals surface area contributed by atoms with Crippen LogP contribution in [-0.2, 0) is 4.79 Å². The number of carbonyl (C=O) groups is 1. The number of rotatable bonds is 4. The third-order valence-electron chi connectivity index (χ3n) is 3.84. The van der Waals surface area contributed by atoms with Crippen molar-refractivity contribution in [3.63, 3.8) is 0 Å². The minimum absolute atomic E-state index is 0.0828. The summed E-state index contributed by atoms with van der Waals surface area (Å²) in [6.45, 7) is 4.91. The number of nitrogens with one attached hydrogen (secondary N) is 2. The van der Waals surface area contributed by atoms with Gasteiger partial charge in [-0.15, -0.1) is 0 Å². The molecule has 0 spiro atoms. The third kappa shape index (κ3) is 3.51. The van der Waals surface area contributed by atoms with Crippen molar-refractivity contribution in [3.8, 4) is 5.75 Å². The standard InChI is InChI=1S/C16H24N2O2/c1-11-7-8-13(15(10-11)20-3)12(2)18-14-6-4-5-9-17-16(14)19/h7-8,10,12,14,18H,4-6,9H2,1-3H3,(H,17,19). The maximum atomic E-state index is 12.0. The van der Waals surface area contributed by atoms with E-state index < -0.39 is 0 Å². The highest BCUT2D eigenvalue weighted by atomic mass is 16.5. The molecule has 1 amide bonds. The minimum atomic E-state index is -0.112. The lowest BCUT2D eigenvalue weighted by Gasteiger charge is -2.23. The molecule has 1 fully saturated rings. The van der Waals surface area contributed by atoms with Crippen LogP contribution in [0.5, 0.6) is 5.75 Å². The van der Waals surface area contributed by atoms with Crippen molar-refractivity contribution in [2.24, 2.45) is 0 Å². The van der Waals surface area contributed by atoms with E-state index in [9.17, 15) is 4.79 Å². The Labute approximate surface area is 120 Å². The van der Waals surface area contributed by atoms with Crippen LogP contribution in [0.25, 0.3) is 0 Å². The van der Waals surface area contributed by atoms with Crippen molar-refractivity contribution >= 4 is 5.91 Å². The maximum absolute atomic E-state index is 12.0. The molecule has 0 aromatic heterocycles. The molecule has 1 aromatic carbocycles. The van der Waals surface area contributed by atoms with E-state index in [1.807, 2.05) is 13.0 Å². The third-order valence-corrected chi connectivity index (χ3v) is 3.84. The van der Waals surface area contributed by atoms with Gasteiger partial charge in [0.1, 0.15) is 5.75 Å². The van der Waals surface area contributed by atoms with E-state index >= 15 is 0 Å². The first-order valence-corrected chi connectivity index (χ1v) is 7.30. The first kappa shape index (κ1) is 14.9. The molecule has 0 radical (unpaired) electrons. The second kappa shape index (κ2) is 6.75. The van der Waals surface area contributed by atoms with Crippen LogP contribution >= 0.6 is 0 Å². The van der Waals surface area contributed by atoms with Crippen LogP contribution in [0.4, 0.5) is 0 Å². The Hall–Kier alpha value is -1.55. The van der Waals surface area contributed by atoms with E-state index in [1.54, 1.807) is 7.11 Å².